The van der Waals surface area contributed by atoms with Gasteiger partial charge in [-0.15, -0.1) is 0 Å². The van der Waals surface area contributed by atoms with E-state index in [1.54, 1.807) is 36.5 Å². The molecule has 0 atom stereocenters. The predicted octanol–water partition coefficient (Wildman–Crippen LogP) is 3.50. The second kappa shape index (κ2) is 5.25. The molecule has 3 rings (SSSR count). The molecule has 0 spiro atoms. The Morgan fingerprint density at radius 2 is 2.00 bits per heavy atom. The Balaban J connectivity index is 1.97. The summed E-state index contributed by atoms with van der Waals surface area (Å²) in [6, 6.07) is 14.2. The van der Waals surface area contributed by atoms with Crippen LogP contribution in [0, 0.1) is 6.92 Å². The number of carbonyl (C=O) groups excluding carboxylic acids is 1. The van der Waals surface area contributed by atoms with Crippen LogP contribution >= 0.6 is 0 Å². The van der Waals surface area contributed by atoms with Gasteiger partial charge in [-0.25, -0.2) is 0 Å². The molecule has 3 aromatic rings. The molecule has 1 heterocycles. The zero-order valence-corrected chi connectivity index (χ0v) is 11.5. The maximum absolute atomic E-state index is 12.4. The summed E-state index contributed by atoms with van der Waals surface area (Å²) in [5.41, 5.74) is 2.62. The van der Waals surface area contributed by atoms with Gasteiger partial charge in [-0.2, -0.15) is 0 Å². The van der Waals surface area contributed by atoms with Crippen molar-refractivity contribution in [2.24, 2.45) is 0 Å². The molecule has 0 radical (unpaired) electrons. The largest absolute Gasteiger partial charge is 0.506 e. The Kier molecular flexibility index (Phi) is 3.28. The van der Waals surface area contributed by atoms with Crippen LogP contribution in [-0.4, -0.2) is 16.0 Å². The smallest absolute Gasteiger partial charge is 0.256 e. The highest BCUT2D eigenvalue weighted by atomic mass is 16.3. The second-order valence-electron chi connectivity index (χ2n) is 4.85. The first-order valence-corrected chi connectivity index (χ1v) is 6.60. The molecule has 2 N–H and O–H groups in total. The average Bonchev–Trinajstić information content (AvgIpc) is 2.49. The van der Waals surface area contributed by atoms with Crippen LogP contribution in [0.15, 0.2) is 54.7 Å². The summed E-state index contributed by atoms with van der Waals surface area (Å²) in [6.07, 6.45) is 1.69. The van der Waals surface area contributed by atoms with Crippen LogP contribution in [0.4, 0.5) is 5.69 Å². The third-order valence-corrected chi connectivity index (χ3v) is 3.29. The van der Waals surface area contributed by atoms with Gasteiger partial charge in [0.05, 0.1) is 11.2 Å². The number of aromatic hydroxyl groups is 1. The molecule has 0 saturated carbocycles. The van der Waals surface area contributed by atoms with E-state index in [1.807, 2.05) is 25.1 Å². The van der Waals surface area contributed by atoms with Crippen molar-refractivity contribution in [2.45, 2.75) is 6.92 Å². The molecule has 0 bridgehead atoms. The van der Waals surface area contributed by atoms with Gasteiger partial charge in [0, 0.05) is 17.1 Å². The second-order valence-corrected chi connectivity index (χ2v) is 4.85. The van der Waals surface area contributed by atoms with Crippen LogP contribution in [0.25, 0.3) is 10.9 Å². The van der Waals surface area contributed by atoms with E-state index in [-0.39, 0.29) is 11.7 Å². The summed E-state index contributed by atoms with van der Waals surface area (Å²) in [6.45, 7) is 1.88. The summed E-state index contributed by atoms with van der Waals surface area (Å²) in [5.74, 6) is -0.213. The van der Waals surface area contributed by atoms with Gasteiger partial charge in [0.2, 0.25) is 0 Å². The number of amides is 1. The highest BCUT2D eigenvalue weighted by Gasteiger charge is 2.12. The summed E-state index contributed by atoms with van der Waals surface area (Å²) in [5, 5.41) is 13.4. The van der Waals surface area contributed by atoms with E-state index in [4.69, 9.17) is 0 Å². The zero-order valence-electron chi connectivity index (χ0n) is 11.5. The molecule has 0 aliphatic carbocycles. The fourth-order valence-corrected chi connectivity index (χ4v) is 2.24. The molecule has 0 aliphatic rings. The van der Waals surface area contributed by atoms with Crippen LogP contribution in [0.5, 0.6) is 5.75 Å². The topological polar surface area (TPSA) is 62.2 Å². The molecule has 104 valence electrons. The number of hydrogen-bond acceptors (Lipinski definition) is 3. The number of fused-ring (bicyclic) bond motifs is 1. The van der Waals surface area contributed by atoms with Gasteiger partial charge in [-0.05, 0) is 42.8 Å². The monoisotopic (exact) mass is 278 g/mol. The predicted molar refractivity (Wildman–Crippen MR) is 82.5 cm³/mol. The number of aromatic nitrogens is 1. The van der Waals surface area contributed by atoms with Gasteiger partial charge in [-0.3, -0.25) is 9.78 Å². The number of phenolic OH excluding ortho intramolecular Hbond substituents is 1. The molecule has 2 aromatic carbocycles. The Bertz CT molecular complexity index is 823. The SMILES string of the molecule is Cc1ccc(NC(=O)c2cccc3ncccc23)c(O)c1. The highest BCUT2D eigenvalue weighted by Crippen LogP contribution is 2.25. The molecular weight excluding hydrogens is 264 g/mol. The minimum Gasteiger partial charge on any atom is -0.506 e. The van der Waals surface area contributed by atoms with Crippen molar-refractivity contribution in [2.75, 3.05) is 5.32 Å². The fourth-order valence-electron chi connectivity index (χ4n) is 2.24. The van der Waals surface area contributed by atoms with E-state index >= 15 is 0 Å². The van der Waals surface area contributed by atoms with Crippen LogP contribution in [0.2, 0.25) is 0 Å². The third kappa shape index (κ3) is 2.56. The molecule has 21 heavy (non-hydrogen) atoms. The van der Waals surface area contributed by atoms with E-state index in [2.05, 4.69) is 10.3 Å². The van der Waals surface area contributed by atoms with Crippen molar-refractivity contribution in [3.8, 4) is 5.75 Å². The number of phenols is 1. The van der Waals surface area contributed by atoms with Crippen molar-refractivity contribution in [3.05, 3.63) is 65.9 Å². The van der Waals surface area contributed by atoms with Crippen molar-refractivity contribution >= 4 is 22.5 Å². The Morgan fingerprint density at radius 3 is 2.81 bits per heavy atom. The highest BCUT2D eigenvalue weighted by molar-refractivity contribution is 6.12. The Morgan fingerprint density at radius 1 is 1.14 bits per heavy atom. The number of hydrogen-bond donors (Lipinski definition) is 2. The number of carbonyl (C=O) groups is 1. The molecule has 4 heteroatoms. The van der Waals surface area contributed by atoms with Crippen molar-refractivity contribution in [3.63, 3.8) is 0 Å². The lowest BCUT2D eigenvalue weighted by molar-refractivity contribution is 0.102. The van der Waals surface area contributed by atoms with Gasteiger partial charge < -0.3 is 10.4 Å². The first kappa shape index (κ1) is 13.1. The third-order valence-electron chi connectivity index (χ3n) is 3.29. The number of nitrogens with zero attached hydrogens (tertiary/aromatic N) is 1. The number of anilines is 1. The maximum Gasteiger partial charge on any atom is 0.256 e. The molecule has 0 aliphatic heterocycles. The van der Waals surface area contributed by atoms with E-state index in [1.165, 1.54) is 0 Å². The van der Waals surface area contributed by atoms with Gasteiger partial charge in [0.15, 0.2) is 0 Å². The minimum atomic E-state index is -0.271. The fraction of sp³-hybridized carbons (Fsp3) is 0.0588. The number of nitrogens with one attached hydrogen (secondary N) is 1. The summed E-state index contributed by atoms with van der Waals surface area (Å²) >= 11 is 0. The van der Waals surface area contributed by atoms with Crippen LogP contribution in [0.3, 0.4) is 0 Å². The average molecular weight is 278 g/mol. The minimum absolute atomic E-state index is 0.0571. The van der Waals surface area contributed by atoms with E-state index in [0.717, 1.165) is 16.5 Å². The molecule has 0 unspecified atom stereocenters. The summed E-state index contributed by atoms with van der Waals surface area (Å²) < 4.78 is 0. The normalized spacial score (nSPS) is 10.5. The van der Waals surface area contributed by atoms with Gasteiger partial charge >= 0.3 is 0 Å². The number of benzene rings is 2. The number of pyridine rings is 1. The van der Waals surface area contributed by atoms with Crippen LogP contribution in [0.1, 0.15) is 15.9 Å². The lowest BCUT2D eigenvalue weighted by Crippen LogP contribution is -2.12. The van der Waals surface area contributed by atoms with E-state index in [9.17, 15) is 9.90 Å². The Hall–Kier alpha value is -2.88. The quantitative estimate of drug-likeness (QED) is 0.705. The molecular formula is C17H14N2O2. The van der Waals surface area contributed by atoms with Gasteiger partial charge in [-0.1, -0.05) is 18.2 Å². The van der Waals surface area contributed by atoms with Gasteiger partial charge in [0.1, 0.15) is 5.75 Å². The maximum atomic E-state index is 12.4. The molecule has 0 fully saturated rings. The lowest BCUT2D eigenvalue weighted by atomic mass is 10.1. The van der Waals surface area contributed by atoms with E-state index in [0.29, 0.717) is 11.3 Å². The number of rotatable bonds is 2. The molecule has 0 saturated heterocycles. The summed E-state index contributed by atoms with van der Waals surface area (Å²) in [4.78, 5) is 16.6. The van der Waals surface area contributed by atoms with E-state index < -0.39 is 0 Å². The van der Waals surface area contributed by atoms with Crippen molar-refractivity contribution in [1.82, 2.24) is 4.98 Å². The Labute approximate surface area is 122 Å². The van der Waals surface area contributed by atoms with Crippen LogP contribution < -0.4 is 5.32 Å². The van der Waals surface area contributed by atoms with Crippen molar-refractivity contribution in [1.29, 1.82) is 0 Å². The number of aryl methyl sites for hydroxylation is 1. The lowest BCUT2D eigenvalue weighted by Gasteiger charge is -2.09. The van der Waals surface area contributed by atoms with Crippen molar-refractivity contribution < 1.29 is 9.90 Å². The zero-order chi connectivity index (χ0) is 14.8. The molecule has 4 nitrogen and oxygen atoms in total. The van der Waals surface area contributed by atoms with Gasteiger partial charge in [0.25, 0.3) is 5.91 Å². The van der Waals surface area contributed by atoms with Crippen LogP contribution in [-0.2, 0) is 0 Å². The standard InChI is InChI=1S/C17H14N2O2/c1-11-7-8-15(16(20)10-11)19-17(21)13-4-2-6-14-12(13)5-3-9-18-14/h2-10,20H,1H3,(H,19,21). The first-order chi connectivity index (χ1) is 10.1. The summed E-state index contributed by atoms with van der Waals surface area (Å²) in [7, 11) is 0. The molecule has 1 amide bonds. The molecule has 1 aromatic heterocycles. The first-order valence-electron chi connectivity index (χ1n) is 6.60.